The third-order valence-electron chi connectivity index (χ3n) is 1.42. The van der Waals surface area contributed by atoms with E-state index in [0.29, 0.717) is 13.0 Å². The SMILES string of the molecule is CCCN(CCO)C[B-](F)(F)F. The van der Waals surface area contributed by atoms with Gasteiger partial charge in [-0.2, -0.15) is 0 Å². The van der Waals surface area contributed by atoms with Gasteiger partial charge in [0.15, 0.2) is 0 Å². The second-order valence-electron chi connectivity index (χ2n) is 2.73. The lowest BCUT2D eigenvalue weighted by Gasteiger charge is -2.26. The molecular weight excluding hydrogens is 170 g/mol. The molecule has 0 spiro atoms. The van der Waals surface area contributed by atoms with Crippen LogP contribution in [0.2, 0.25) is 0 Å². The van der Waals surface area contributed by atoms with Gasteiger partial charge in [0, 0.05) is 6.54 Å². The highest BCUT2D eigenvalue weighted by Gasteiger charge is 2.25. The summed E-state index contributed by atoms with van der Waals surface area (Å²) in [5, 5.41) is 8.46. The van der Waals surface area contributed by atoms with Crippen LogP contribution in [-0.4, -0.2) is 43.1 Å². The van der Waals surface area contributed by atoms with Crippen molar-refractivity contribution < 1.29 is 18.1 Å². The Morgan fingerprint density at radius 1 is 1.25 bits per heavy atom. The van der Waals surface area contributed by atoms with E-state index in [1.807, 2.05) is 6.92 Å². The first kappa shape index (κ1) is 11.8. The molecule has 0 aliphatic heterocycles. The molecular formula is C6H14BF3NO-. The lowest BCUT2D eigenvalue weighted by molar-refractivity contribution is 0.202. The molecule has 0 amide bonds. The van der Waals surface area contributed by atoms with Gasteiger partial charge in [0.2, 0.25) is 0 Å². The van der Waals surface area contributed by atoms with Crippen molar-refractivity contribution in [1.29, 1.82) is 0 Å². The Bertz CT molecular complexity index is 114. The molecule has 0 aromatic rings. The van der Waals surface area contributed by atoms with E-state index in [1.54, 1.807) is 0 Å². The van der Waals surface area contributed by atoms with Crippen molar-refractivity contribution in [3.63, 3.8) is 0 Å². The molecule has 0 aromatic carbocycles. The third kappa shape index (κ3) is 6.48. The van der Waals surface area contributed by atoms with Gasteiger partial charge in [0.05, 0.1) is 6.61 Å². The molecule has 0 fully saturated rings. The zero-order valence-corrected chi connectivity index (χ0v) is 7.14. The average Bonchev–Trinajstić information content (AvgIpc) is 1.84. The van der Waals surface area contributed by atoms with Gasteiger partial charge in [-0.3, -0.25) is 0 Å². The molecule has 0 bridgehead atoms. The summed E-state index contributed by atoms with van der Waals surface area (Å²) < 4.78 is 35.7. The first-order chi connectivity index (χ1) is 5.49. The summed E-state index contributed by atoms with van der Waals surface area (Å²) in [6.07, 6.45) is -0.194. The molecule has 0 saturated carbocycles. The van der Waals surface area contributed by atoms with E-state index in [-0.39, 0.29) is 13.2 Å². The lowest BCUT2D eigenvalue weighted by atomic mass is 9.91. The second-order valence-corrected chi connectivity index (χ2v) is 2.73. The van der Waals surface area contributed by atoms with E-state index in [9.17, 15) is 12.9 Å². The van der Waals surface area contributed by atoms with E-state index in [4.69, 9.17) is 5.11 Å². The monoisotopic (exact) mass is 184 g/mol. The molecule has 74 valence electrons. The minimum Gasteiger partial charge on any atom is -0.448 e. The van der Waals surface area contributed by atoms with Gasteiger partial charge >= 0.3 is 6.98 Å². The highest BCUT2D eigenvalue weighted by molar-refractivity contribution is 6.58. The van der Waals surface area contributed by atoms with E-state index >= 15 is 0 Å². The van der Waals surface area contributed by atoms with Crippen LogP contribution >= 0.6 is 0 Å². The summed E-state index contributed by atoms with van der Waals surface area (Å²) in [6, 6.07) is 0. The summed E-state index contributed by atoms with van der Waals surface area (Å²) in [7, 11) is 0. The fourth-order valence-corrected chi connectivity index (χ4v) is 1.04. The largest absolute Gasteiger partial charge is 0.492 e. The van der Waals surface area contributed by atoms with Gasteiger partial charge in [-0.05, 0) is 19.4 Å². The predicted octanol–water partition coefficient (Wildman–Crippen LogP) is 1.08. The number of rotatable bonds is 6. The molecule has 0 aliphatic rings. The summed E-state index contributed by atoms with van der Waals surface area (Å²) in [5.74, 6) is 0. The number of nitrogens with zero attached hydrogens (tertiary/aromatic N) is 1. The Balaban J connectivity index is 3.77. The van der Waals surface area contributed by atoms with Crippen LogP contribution in [0.3, 0.4) is 0 Å². The normalized spacial score (nSPS) is 12.5. The topological polar surface area (TPSA) is 23.5 Å². The van der Waals surface area contributed by atoms with E-state index in [1.165, 1.54) is 4.90 Å². The Hall–Kier alpha value is -0.225. The number of aliphatic hydroxyl groups is 1. The predicted molar refractivity (Wildman–Crippen MR) is 42.9 cm³/mol. The standard InChI is InChI=1S/C6H14BF3NO/c1-2-3-11(4-5-12)6-7(8,9)10/h12H,2-6H2,1H3/q-1. The number of aliphatic hydroxyl groups excluding tert-OH is 1. The number of halogens is 3. The fourth-order valence-electron chi connectivity index (χ4n) is 1.04. The summed E-state index contributed by atoms with van der Waals surface area (Å²) in [4.78, 5) is 1.22. The van der Waals surface area contributed by atoms with E-state index in [0.717, 1.165) is 0 Å². The van der Waals surface area contributed by atoms with Gasteiger partial charge < -0.3 is 23.0 Å². The van der Waals surface area contributed by atoms with Crippen LogP contribution in [0.5, 0.6) is 0 Å². The minimum atomic E-state index is -4.76. The first-order valence-electron chi connectivity index (χ1n) is 4.03. The van der Waals surface area contributed by atoms with E-state index < -0.39 is 13.4 Å². The van der Waals surface area contributed by atoms with Gasteiger partial charge in [-0.1, -0.05) is 6.92 Å². The van der Waals surface area contributed by atoms with Crippen molar-refractivity contribution in [2.24, 2.45) is 0 Å². The molecule has 6 heteroatoms. The minimum absolute atomic E-state index is 0.106. The third-order valence-corrected chi connectivity index (χ3v) is 1.42. The zero-order valence-electron chi connectivity index (χ0n) is 7.14. The molecule has 0 heterocycles. The Morgan fingerprint density at radius 2 is 1.83 bits per heavy atom. The highest BCUT2D eigenvalue weighted by Crippen LogP contribution is 2.10. The van der Waals surface area contributed by atoms with Gasteiger partial charge in [-0.25, -0.2) is 0 Å². The second kappa shape index (κ2) is 5.43. The quantitative estimate of drug-likeness (QED) is 0.624. The molecule has 0 rings (SSSR count). The van der Waals surface area contributed by atoms with Crippen molar-refractivity contribution in [2.75, 3.05) is 26.1 Å². The highest BCUT2D eigenvalue weighted by atomic mass is 19.4. The Morgan fingerprint density at radius 3 is 2.17 bits per heavy atom. The lowest BCUT2D eigenvalue weighted by Crippen LogP contribution is -2.39. The van der Waals surface area contributed by atoms with E-state index in [2.05, 4.69) is 0 Å². The van der Waals surface area contributed by atoms with Crippen LogP contribution in [0.15, 0.2) is 0 Å². The summed E-state index contributed by atoms with van der Waals surface area (Å²) >= 11 is 0. The molecule has 1 N–H and O–H groups in total. The average molecular weight is 184 g/mol. The molecule has 0 saturated heterocycles. The van der Waals surface area contributed by atoms with Crippen LogP contribution in [0.1, 0.15) is 13.3 Å². The van der Waals surface area contributed by atoms with Gasteiger partial charge in [-0.15, -0.1) is 0 Å². The molecule has 12 heavy (non-hydrogen) atoms. The number of hydrogen-bond acceptors (Lipinski definition) is 2. The van der Waals surface area contributed by atoms with Gasteiger partial charge in [0.25, 0.3) is 0 Å². The maximum absolute atomic E-state index is 11.9. The molecule has 0 unspecified atom stereocenters. The van der Waals surface area contributed by atoms with Crippen molar-refractivity contribution in [3.05, 3.63) is 0 Å². The molecule has 0 atom stereocenters. The van der Waals surface area contributed by atoms with Crippen LogP contribution in [-0.2, 0) is 0 Å². The number of hydrogen-bond donors (Lipinski definition) is 1. The smallest absolute Gasteiger partial charge is 0.448 e. The zero-order chi connectivity index (χ0) is 9.61. The van der Waals surface area contributed by atoms with Crippen molar-refractivity contribution in [1.82, 2.24) is 4.90 Å². The maximum atomic E-state index is 11.9. The fraction of sp³-hybridized carbons (Fsp3) is 1.00. The summed E-state index contributed by atoms with van der Waals surface area (Å²) in [6.45, 7) is -2.66. The Kier molecular flexibility index (Phi) is 5.32. The van der Waals surface area contributed by atoms with Crippen molar-refractivity contribution >= 4 is 6.98 Å². The molecule has 2 nitrogen and oxygen atoms in total. The molecule has 0 aromatic heterocycles. The van der Waals surface area contributed by atoms with Crippen LogP contribution < -0.4 is 0 Å². The molecule has 0 radical (unpaired) electrons. The summed E-state index contributed by atoms with van der Waals surface area (Å²) in [5.41, 5.74) is 0. The van der Waals surface area contributed by atoms with Gasteiger partial charge in [0.1, 0.15) is 0 Å². The Labute approximate surface area is 70.4 Å². The van der Waals surface area contributed by atoms with Crippen LogP contribution in [0.25, 0.3) is 0 Å². The van der Waals surface area contributed by atoms with Crippen molar-refractivity contribution in [3.8, 4) is 0 Å². The van der Waals surface area contributed by atoms with Crippen LogP contribution in [0.4, 0.5) is 12.9 Å². The maximum Gasteiger partial charge on any atom is 0.492 e. The van der Waals surface area contributed by atoms with Crippen molar-refractivity contribution in [2.45, 2.75) is 13.3 Å². The first-order valence-corrected chi connectivity index (χ1v) is 4.03. The van der Waals surface area contributed by atoms with Crippen LogP contribution in [0, 0.1) is 0 Å². The molecule has 0 aliphatic carbocycles.